The molecule has 3 aliphatic rings. The first kappa shape index (κ1) is 18.0. The molecule has 6 heteroatoms. The van der Waals surface area contributed by atoms with E-state index in [1.54, 1.807) is 12.1 Å². The molecule has 0 aromatic heterocycles. The minimum Gasteiger partial charge on any atom is -0.460 e. The first-order valence-corrected chi connectivity index (χ1v) is 9.60. The number of urea groups is 1. The molecule has 1 aromatic carbocycles. The molecule has 0 spiro atoms. The van der Waals surface area contributed by atoms with E-state index in [1.165, 1.54) is 11.3 Å². The lowest BCUT2D eigenvalue weighted by Gasteiger charge is -2.38. The van der Waals surface area contributed by atoms with E-state index in [2.05, 4.69) is 20.8 Å². The predicted octanol–water partition coefficient (Wildman–Crippen LogP) is 3.21. The number of anilines is 1. The zero-order valence-electron chi connectivity index (χ0n) is 16.1. The fraction of sp³-hybridized carbons (Fsp3) is 0.571. The Kier molecular flexibility index (Phi) is 4.05. The third kappa shape index (κ3) is 2.65. The van der Waals surface area contributed by atoms with Crippen LogP contribution in [-0.2, 0) is 14.3 Å². The van der Waals surface area contributed by atoms with Gasteiger partial charge >= 0.3 is 12.0 Å². The molecule has 3 amide bonds. The van der Waals surface area contributed by atoms with Crippen LogP contribution in [0.15, 0.2) is 30.3 Å². The van der Waals surface area contributed by atoms with E-state index < -0.39 is 12.0 Å². The van der Waals surface area contributed by atoms with Gasteiger partial charge in [0.1, 0.15) is 19.2 Å². The molecule has 2 bridgehead atoms. The van der Waals surface area contributed by atoms with Gasteiger partial charge < -0.3 is 4.74 Å². The summed E-state index contributed by atoms with van der Waals surface area (Å²) in [5.41, 5.74) is 0.748. The number of esters is 1. The molecule has 2 aliphatic carbocycles. The van der Waals surface area contributed by atoms with Crippen LogP contribution in [0.25, 0.3) is 0 Å². The zero-order chi connectivity index (χ0) is 19.4. The second-order valence-corrected chi connectivity index (χ2v) is 8.77. The van der Waals surface area contributed by atoms with Gasteiger partial charge in [0.25, 0.3) is 5.91 Å². The van der Waals surface area contributed by atoms with Crippen molar-refractivity contribution in [2.45, 2.75) is 46.1 Å². The zero-order valence-corrected chi connectivity index (χ0v) is 16.1. The molecule has 3 atom stereocenters. The number of carbonyl (C=O) groups is 3. The Balaban J connectivity index is 1.42. The number of carbonyl (C=O) groups excluding carboxylic acids is 3. The highest BCUT2D eigenvalue weighted by Crippen LogP contribution is 2.66. The summed E-state index contributed by atoms with van der Waals surface area (Å²) in [5.74, 6) is -0.314. The number of hydrogen-bond donors (Lipinski definition) is 0. The fourth-order valence-electron chi connectivity index (χ4n) is 5.14. The lowest BCUT2D eigenvalue weighted by Crippen LogP contribution is -2.42. The molecule has 1 aliphatic heterocycles. The molecule has 1 aromatic rings. The molecule has 0 N–H and O–H groups in total. The van der Waals surface area contributed by atoms with Crippen molar-refractivity contribution in [3.8, 4) is 0 Å². The van der Waals surface area contributed by atoms with E-state index in [0.29, 0.717) is 11.6 Å². The Labute approximate surface area is 159 Å². The Bertz CT molecular complexity index is 791. The first-order chi connectivity index (χ1) is 12.7. The number of imide groups is 1. The first-order valence-electron chi connectivity index (χ1n) is 9.60. The summed E-state index contributed by atoms with van der Waals surface area (Å²) >= 11 is 0. The quantitative estimate of drug-likeness (QED) is 0.603. The number of rotatable bonds is 4. The van der Waals surface area contributed by atoms with Gasteiger partial charge in [0, 0.05) is 11.1 Å². The summed E-state index contributed by atoms with van der Waals surface area (Å²) in [6.07, 6.45) is 2.95. The minimum atomic E-state index is -0.499. The van der Waals surface area contributed by atoms with Crippen LogP contribution in [0.5, 0.6) is 0 Å². The maximum Gasteiger partial charge on any atom is 0.332 e. The SMILES string of the molecule is CC1(C)[C@H]2CC[C@@]1(C)[C@H](OC(=O)CN1C(=O)CN(c3ccccc3)C1=O)C2. The monoisotopic (exact) mass is 370 g/mol. The third-order valence-electron chi connectivity index (χ3n) is 7.40. The van der Waals surface area contributed by atoms with Crippen molar-refractivity contribution >= 4 is 23.6 Å². The van der Waals surface area contributed by atoms with Crippen molar-refractivity contribution in [3.63, 3.8) is 0 Å². The number of hydrogen-bond acceptors (Lipinski definition) is 4. The molecule has 6 nitrogen and oxygen atoms in total. The van der Waals surface area contributed by atoms with Crippen molar-refractivity contribution in [2.24, 2.45) is 16.7 Å². The number of amides is 3. The molecule has 144 valence electrons. The van der Waals surface area contributed by atoms with Crippen molar-refractivity contribution in [1.82, 2.24) is 4.90 Å². The molecule has 1 saturated heterocycles. The maximum atomic E-state index is 12.6. The van der Waals surface area contributed by atoms with Crippen LogP contribution >= 0.6 is 0 Å². The number of fused-ring (bicyclic) bond motifs is 2. The molecule has 2 saturated carbocycles. The van der Waals surface area contributed by atoms with Gasteiger partial charge in [0.05, 0.1) is 0 Å². The normalized spacial score (nSPS) is 31.7. The Morgan fingerprint density at radius 1 is 1.19 bits per heavy atom. The van der Waals surface area contributed by atoms with Crippen molar-refractivity contribution in [3.05, 3.63) is 30.3 Å². The number of para-hydroxylation sites is 1. The summed E-state index contributed by atoms with van der Waals surface area (Å²) in [6, 6.07) is 8.53. The van der Waals surface area contributed by atoms with E-state index in [4.69, 9.17) is 4.74 Å². The Hall–Kier alpha value is -2.37. The smallest absolute Gasteiger partial charge is 0.332 e. The van der Waals surface area contributed by atoms with Gasteiger partial charge in [-0.15, -0.1) is 0 Å². The van der Waals surface area contributed by atoms with Crippen LogP contribution in [0, 0.1) is 16.7 Å². The van der Waals surface area contributed by atoms with Gasteiger partial charge in [-0.25, -0.2) is 4.79 Å². The topological polar surface area (TPSA) is 66.9 Å². The Morgan fingerprint density at radius 2 is 1.89 bits per heavy atom. The third-order valence-corrected chi connectivity index (χ3v) is 7.40. The van der Waals surface area contributed by atoms with Gasteiger partial charge in [-0.05, 0) is 42.7 Å². The van der Waals surface area contributed by atoms with Crippen LogP contribution < -0.4 is 4.90 Å². The van der Waals surface area contributed by atoms with Crippen LogP contribution in [0.2, 0.25) is 0 Å². The van der Waals surface area contributed by atoms with E-state index in [1.807, 2.05) is 18.2 Å². The largest absolute Gasteiger partial charge is 0.460 e. The maximum absolute atomic E-state index is 12.6. The number of nitrogens with zero attached hydrogens (tertiary/aromatic N) is 2. The number of ether oxygens (including phenoxy) is 1. The molecular weight excluding hydrogens is 344 g/mol. The standard InChI is InChI=1S/C21H26N2O4/c1-20(2)14-9-10-21(20,3)16(11-14)27-18(25)13-23-17(24)12-22(19(23)26)15-7-5-4-6-8-15/h4-8,14,16H,9-13H2,1-3H3/t14-,16+,21-/m0/s1. The van der Waals surface area contributed by atoms with Gasteiger partial charge in [-0.3, -0.25) is 19.4 Å². The average Bonchev–Trinajstić information content (AvgIpc) is 3.11. The van der Waals surface area contributed by atoms with Crippen LogP contribution in [0.3, 0.4) is 0 Å². The molecule has 0 unspecified atom stereocenters. The van der Waals surface area contributed by atoms with E-state index in [9.17, 15) is 14.4 Å². The molecule has 0 radical (unpaired) electrons. The van der Waals surface area contributed by atoms with E-state index >= 15 is 0 Å². The van der Waals surface area contributed by atoms with Crippen LogP contribution in [0.4, 0.5) is 10.5 Å². The fourth-order valence-corrected chi connectivity index (χ4v) is 5.14. The summed E-state index contributed by atoms with van der Waals surface area (Å²) in [7, 11) is 0. The lowest BCUT2D eigenvalue weighted by atomic mass is 9.70. The van der Waals surface area contributed by atoms with Gasteiger partial charge in [0.2, 0.25) is 0 Å². The van der Waals surface area contributed by atoms with Crippen LogP contribution in [0.1, 0.15) is 40.0 Å². The lowest BCUT2D eigenvalue weighted by molar-refractivity contribution is -0.158. The highest BCUT2D eigenvalue weighted by atomic mass is 16.5. The molecule has 4 rings (SSSR count). The summed E-state index contributed by atoms with van der Waals surface area (Å²) in [5, 5.41) is 0. The van der Waals surface area contributed by atoms with E-state index in [0.717, 1.165) is 17.7 Å². The van der Waals surface area contributed by atoms with Crippen molar-refractivity contribution < 1.29 is 19.1 Å². The average molecular weight is 370 g/mol. The summed E-state index contributed by atoms with van der Waals surface area (Å²) < 4.78 is 5.78. The second-order valence-electron chi connectivity index (χ2n) is 8.77. The second kappa shape index (κ2) is 6.08. The molecular formula is C21H26N2O4. The summed E-state index contributed by atoms with van der Waals surface area (Å²) in [6.45, 7) is 6.33. The highest BCUT2D eigenvalue weighted by molar-refractivity contribution is 6.13. The Morgan fingerprint density at radius 3 is 2.48 bits per heavy atom. The minimum absolute atomic E-state index is 0.0393. The van der Waals surface area contributed by atoms with Crippen LogP contribution in [-0.4, -0.2) is 42.0 Å². The molecule has 27 heavy (non-hydrogen) atoms. The van der Waals surface area contributed by atoms with Gasteiger partial charge in [0.15, 0.2) is 0 Å². The van der Waals surface area contributed by atoms with Gasteiger partial charge in [-0.2, -0.15) is 0 Å². The van der Waals surface area contributed by atoms with Crippen molar-refractivity contribution in [2.75, 3.05) is 18.0 Å². The summed E-state index contributed by atoms with van der Waals surface area (Å²) in [4.78, 5) is 39.8. The van der Waals surface area contributed by atoms with E-state index in [-0.39, 0.29) is 35.9 Å². The number of benzene rings is 1. The van der Waals surface area contributed by atoms with Crippen molar-refractivity contribution in [1.29, 1.82) is 0 Å². The highest BCUT2D eigenvalue weighted by Gasteiger charge is 2.63. The molecule has 1 heterocycles. The predicted molar refractivity (Wildman–Crippen MR) is 100 cm³/mol. The van der Waals surface area contributed by atoms with Gasteiger partial charge in [-0.1, -0.05) is 39.0 Å². The molecule has 3 fully saturated rings.